The monoisotopic (exact) mass is 1120 g/mol. The molecule has 80 heavy (non-hydrogen) atoms. The molecule has 0 radical (unpaired) electrons. The van der Waals surface area contributed by atoms with Crippen LogP contribution in [-0.4, -0.2) is 124 Å². The zero-order chi connectivity index (χ0) is 58.1. The van der Waals surface area contributed by atoms with Gasteiger partial charge < -0.3 is 58.0 Å². The first-order chi connectivity index (χ1) is 38.4. The summed E-state index contributed by atoms with van der Waals surface area (Å²) in [7, 11) is 2.26. The Morgan fingerprint density at radius 1 is 0.438 bits per heavy atom. The molecule has 3 aliphatic carbocycles. The predicted molar refractivity (Wildman–Crippen MR) is 274 cm³/mol. The third-order valence-electron chi connectivity index (χ3n) is 13.4. The standard InChI is InChI=1S/C56H66N2O22/c1-5-47(61)73-27-29-75-49(63)25-23-45(59)57-37-15-11-35(12-16-37)51(65)77-39-19-21-43(41(31-39)55(69)71-3)79-53(67)33-7-9-34(10-8-33)54(68)80-44-22-20-40(32-42(44)56(70)72-4)78-52(66)36-13-17-38(18-14-36)58-46(60)24-26-50(64)76-30-28-74-48(62)6-2/h5-6,19-22,31-38H,1-2,7-18,23-30H2,3-4H3,(H,57,59)(H,58,60). The van der Waals surface area contributed by atoms with Crippen LogP contribution < -0.4 is 29.6 Å². The summed E-state index contributed by atoms with van der Waals surface area (Å²) in [6, 6.07) is 7.35. The van der Waals surface area contributed by atoms with Gasteiger partial charge in [-0.15, -0.1) is 0 Å². The Balaban J connectivity index is 1.03. The number of amides is 2. The maximum Gasteiger partial charge on any atom is 0.341 e. The number of carbonyl (C=O) groups is 12. The molecule has 0 heterocycles. The van der Waals surface area contributed by atoms with E-state index in [9.17, 15) is 57.5 Å². The fourth-order valence-electron chi connectivity index (χ4n) is 9.04. The lowest BCUT2D eigenvalue weighted by Crippen LogP contribution is -2.39. The molecule has 0 aromatic heterocycles. The van der Waals surface area contributed by atoms with Crippen molar-refractivity contribution in [2.45, 2.75) is 115 Å². The number of methoxy groups -OCH3 is 2. The van der Waals surface area contributed by atoms with Crippen molar-refractivity contribution in [1.82, 2.24) is 10.6 Å². The first-order valence-corrected chi connectivity index (χ1v) is 26.2. The Morgan fingerprint density at radius 3 is 1.07 bits per heavy atom. The molecule has 2 aromatic rings. The minimum Gasteiger partial charge on any atom is -0.465 e. The van der Waals surface area contributed by atoms with E-state index in [1.165, 1.54) is 36.4 Å². The molecule has 0 atom stereocenters. The summed E-state index contributed by atoms with van der Waals surface area (Å²) in [5, 5.41) is 5.71. The van der Waals surface area contributed by atoms with Crippen LogP contribution in [-0.2, 0) is 76.4 Å². The Kier molecular flexibility index (Phi) is 24.8. The van der Waals surface area contributed by atoms with Crippen molar-refractivity contribution in [3.05, 3.63) is 72.8 Å². The molecule has 3 fully saturated rings. The average Bonchev–Trinajstić information content (AvgIpc) is 3.51. The third kappa shape index (κ3) is 20.1. The molecule has 5 rings (SSSR count). The van der Waals surface area contributed by atoms with E-state index in [1.807, 2.05) is 0 Å². The van der Waals surface area contributed by atoms with Gasteiger partial charge in [0.25, 0.3) is 0 Å². The van der Waals surface area contributed by atoms with Crippen molar-refractivity contribution >= 4 is 71.5 Å². The van der Waals surface area contributed by atoms with Crippen LogP contribution >= 0.6 is 0 Å². The highest BCUT2D eigenvalue weighted by Crippen LogP contribution is 2.35. The summed E-state index contributed by atoms with van der Waals surface area (Å²) in [5.74, 6) is -10.1. The summed E-state index contributed by atoms with van der Waals surface area (Å²) >= 11 is 0. The SMILES string of the molecule is C=CC(=O)OCCOC(=O)CCC(=O)NC1CCC(C(=O)Oc2ccc(OC(=O)C3CCC(C(=O)Oc4ccc(OC(=O)C5CCC(NC(=O)CCC(=O)OCCOC(=O)C=C)CC5)cc4C(=O)OC)CC3)c(C(=O)OC)c2)CC1. The van der Waals surface area contributed by atoms with Crippen LogP contribution in [0.5, 0.6) is 23.0 Å². The fraction of sp³-hybridized carbons (Fsp3) is 0.500. The molecular formula is C56H66N2O22. The third-order valence-corrected chi connectivity index (χ3v) is 13.4. The van der Waals surface area contributed by atoms with Gasteiger partial charge in [0.15, 0.2) is 0 Å². The number of hydrogen-bond acceptors (Lipinski definition) is 22. The molecule has 0 saturated heterocycles. The molecule has 3 saturated carbocycles. The van der Waals surface area contributed by atoms with Gasteiger partial charge in [0.05, 0.1) is 50.7 Å². The van der Waals surface area contributed by atoms with Gasteiger partial charge in [0, 0.05) is 37.1 Å². The number of rotatable bonds is 26. The van der Waals surface area contributed by atoms with Crippen molar-refractivity contribution in [2.24, 2.45) is 23.7 Å². The van der Waals surface area contributed by atoms with Crippen LogP contribution in [0.25, 0.3) is 0 Å². The van der Waals surface area contributed by atoms with E-state index in [-0.39, 0.29) is 136 Å². The number of esters is 10. The zero-order valence-electron chi connectivity index (χ0n) is 44.6. The van der Waals surface area contributed by atoms with Crippen LogP contribution in [0.3, 0.4) is 0 Å². The van der Waals surface area contributed by atoms with E-state index in [0.717, 1.165) is 26.4 Å². The predicted octanol–water partition coefficient (Wildman–Crippen LogP) is 4.84. The second kappa shape index (κ2) is 31.8. The molecule has 0 bridgehead atoms. The van der Waals surface area contributed by atoms with Crippen molar-refractivity contribution in [3.8, 4) is 23.0 Å². The number of benzene rings is 2. The molecule has 2 amide bonds. The van der Waals surface area contributed by atoms with E-state index >= 15 is 0 Å². The molecule has 2 aromatic carbocycles. The van der Waals surface area contributed by atoms with Gasteiger partial charge >= 0.3 is 59.7 Å². The summed E-state index contributed by atoms with van der Waals surface area (Å²) in [6.07, 6.45) is 5.65. The average molecular weight is 1120 g/mol. The lowest BCUT2D eigenvalue weighted by Gasteiger charge is -2.28. The summed E-state index contributed by atoms with van der Waals surface area (Å²) in [4.78, 5) is 150. The van der Waals surface area contributed by atoms with Crippen molar-refractivity contribution < 1.29 is 105 Å². The highest BCUT2D eigenvalue weighted by atomic mass is 16.6. The van der Waals surface area contributed by atoms with Gasteiger partial charge in [0.1, 0.15) is 60.6 Å². The first kappa shape index (κ1) is 62.4. The van der Waals surface area contributed by atoms with Crippen molar-refractivity contribution in [2.75, 3.05) is 40.6 Å². The van der Waals surface area contributed by atoms with E-state index in [0.29, 0.717) is 51.4 Å². The molecule has 0 spiro atoms. The Hall–Kier alpha value is -8.44. The molecule has 432 valence electrons. The molecule has 3 aliphatic rings. The lowest BCUT2D eigenvalue weighted by atomic mass is 9.82. The fourth-order valence-corrected chi connectivity index (χ4v) is 9.04. The summed E-state index contributed by atoms with van der Waals surface area (Å²) < 4.78 is 51.7. The van der Waals surface area contributed by atoms with E-state index in [1.54, 1.807) is 0 Å². The maximum absolute atomic E-state index is 13.4. The van der Waals surface area contributed by atoms with Gasteiger partial charge in [-0.25, -0.2) is 19.2 Å². The molecule has 24 heteroatoms. The molecule has 2 N–H and O–H groups in total. The second-order valence-corrected chi connectivity index (χ2v) is 18.9. The minimum absolute atomic E-state index is 0.00230. The molecule has 24 nitrogen and oxygen atoms in total. The second-order valence-electron chi connectivity index (χ2n) is 18.9. The zero-order valence-corrected chi connectivity index (χ0v) is 44.6. The van der Waals surface area contributed by atoms with Crippen molar-refractivity contribution in [3.63, 3.8) is 0 Å². The minimum atomic E-state index is -0.864. The first-order valence-electron chi connectivity index (χ1n) is 26.2. The number of carbonyl (C=O) groups excluding carboxylic acids is 12. The Morgan fingerprint density at radius 2 is 0.750 bits per heavy atom. The topological polar surface area (TPSA) is 321 Å². The van der Waals surface area contributed by atoms with Crippen LogP contribution in [0.4, 0.5) is 0 Å². The van der Waals surface area contributed by atoms with Crippen LogP contribution in [0.15, 0.2) is 61.7 Å². The highest BCUT2D eigenvalue weighted by Gasteiger charge is 2.35. The van der Waals surface area contributed by atoms with Crippen molar-refractivity contribution in [1.29, 1.82) is 0 Å². The van der Waals surface area contributed by atoms with E-state index in [2.05, 4.69) is 23.8 Å². The van der Waals surface area contributed by atoms with Gasteiger partial charge in [-0.3, -0.25) is 38.4 Å². The Bertz CT molecular complexity index is 2440. The lowest BCUT2D eigenvalue weighted by molar-refractivity contribution is -0.150. The summed E-state index contributed by atoms with van der Waals surface area (Å²) in [6.45, 7) is 5.94. The largest absolute Gasteiger partial charge is 0.465 e. The number of ether oxygens (including phenoxy) is 10. The number of nitrogens with one attached hydrogen (secondary N) is 2. The molecule has 0 unspecified atom stereocenters. The summed E-state index contributed by atoms with van der Waals surface area (Å²) in [5.41, 5.74) is -0.355. The normalized spacial score (nSPS) is 19.4. The van der Waals surface area contributed by atoms with Crippen LogP contribution in [0.1, 0.15) is 123 Å². The van der Waals surface area contributed by atoms with E-state index < -0.39 is 83.4 Å². The smallest absolute Gasteiger partial charge is 0.341 e. The Labute approximate surface area is 460 Å². The maximum atomic E-state index is 13.4. The quantitative estimate of drug-likeness (QED) is 0.0418. The van der Waals surface area contributed by atoms with Crippen LogP contribution in [0.2, 0.25) is 0 Å². The molecule has 0 aliphatic heterocycles. The highest BCUT2D eigenvalue weighted by molar-refractivity contribution is 5.95. The van der Waals surface area contributed by atoms with Gasteiger partial charge in [-0.05, 0) is 113 Å². The van der Waals surface area contributed by atoms with E-state index in [4.69, 9.17) is 47.4 Å². The van der Waals surface area contributed by atoms with Crippen LogP contribution in [0, 0.1) is 23.7 Å². The van der Waals surface area contributed by atoms with Gasteiger partial charge in [-0.1, -0.05) is 13.2 Å². The van der Waals surface area contributed by atoms with Gasteiger partial charge in [-0.2, -0.15) is 0 Å². The number of hydrogen-bond donors (Lipinski definition) is 2. The van der Waals surface area contributed by atoms with Gasteiger partial charge in [0.2, 0.25) is 11.8 Å². The molecular weight excluding hydrogens is 1050 g/mol.